The topological polar surface area (TPSA) is 85.9 Å². The second-order valence-corrected chi connectivity index (χ2v) is 5.00. The van der Waals surface area contributed by atoms with Gasteiger partial charge in [-0.1, -0.05) is 0 Å². The van der Waals surface area contributed by atoms with Crippen molar-refractivity contribution in [2.45, 2.75) is 18.0 Å². The summed E-state index contributed by atoms with van der Waals surface area (Å²) < 4.78 is 22.2. The summed E-state index contributed by atoms with van der Waals surface area (Å²) in [5, 5.41) is -0.163. The summed E-state index contributed by atoms with van der Waals surface area (Å²) in [7, 11) is -3.33. The van der Waals surface area contributed by atoms with E-state index in [1.165, 1.54) is 0 Å². The molecule has 6 heteroatoms. The molecule has 0 atom stereocenters. The van der Waals surface area contributed by atoms with Crippen LogP contribution in [0.5, 0.6) is 0 Å². The predicted molar refractivity (Wildman–Crippen MR) is 47.0 cm³/mol. The van der Waals surface area contributed by atoms with E-state index in [9.17, 15) is 8.42 Å². The molecule has 2 rings (SSSR count). The number of aryl methyl sites for hydroxylation is 1. The molecule has 0 aromatic carbocycles. The van der Waals surface area contributed by atoms with Crippen LogP contribution in [0.15, 0.2) is 5.16 Å². The van der Waals surface area contributed by atoms with E-state index < -0.39 is 9.84 Å². The predicted octanol–water partition coefficient (Wildman–Crippen LogP) is -0.439. The summed E-state index contributed by atoms with van der Waals surface area (Å²) in [6.07, 6.45) is 2.72. The van der Waals surface area contributed by atoms with Crippen LogP contribution in [-0.2, 0) is 22.7 Å². The van der Waals surface area contributed by atoms with E-state index in [0.717, 1.165) is 30.4 Å². The molecule has 0 bridgehead atoms. The third-order valence-electron chi connectivity index (χ3n) is 2.05. The van der Waals surface area contributed by atoms with Crippen LogP contribution in [0.2, 0.25) is 0 Å². The Labute approximate surface area is 75.9 Å². The highest BCUT2D eigenvalue weighted by Crippen LogP contribution is 2.25. The minimum atomic E-state index is -3.33. The molecule has 1 heterocycles. The summed E-state index contributed by atoms with van der Waals surface area (Å²) in [5.74, 6) is 0.302. The maximum Gasteiger partial charge on any atom is 0.248 e. The van der Waals surface area contributed by atoms with Crippen molar-refractivity contribution in [3.8, 4) is 0 Å². The molecule has 0 amide bonds. The van der Waals surface area contributed by atoms with Crippen molar-refractivity contribution in [3.63, 3.8) is 0 Å². The number of nitrogen functional groups attached to an aromatic ring is 1. The summed E-state index contributed by atoms with van der Waals surface area (Å²) in [5.41, 5.74) is 7.22. The van der Waals surface area contributed by atoms with Gasteiger partial charge in [-0.15, -0.1) is 0 Å². The van der Waals surface area contributed by atoms with Gasteiger partial charge in [-0.05, 0) is 12.8 Å². The Morgan fingerprint density at radius 2 is 2.00 bits per heavy atom. The first-order chi connectivity index (χ1) is 5.98. The number of nitrogens with two attached hydrogens (primary N) is 1. The Bertz CT molecular complexity index is 450. The highest BCUT2D eigenvalue weighted by molar-refractivity contribution is 7.90. The highest BCUT2D eigenvalue weighted by Gasteiger charge is 2.23. The molecule has 0 radical (unpaired) electrons. The molecule has 0 spiro atoms. The summed E-state index contributed by atoms with van der Waals surface area (Å²) in [6.45, 7) is 0. The minimum Gasteiger partial charge on any atom is -0.383 e. The first-order valence-corrected chi connectivity index (χ1v) is 5.73. The fraction of sp³-hybridized carbons (Fsp3) is 0.429. The Balaban J connectivity index is 2.64. The van der Waals surface area contributed by atoms with Gasteiger partial charge in [0, 0.05) is 11.8 Å². The molecule has 70 valence electrons. The maximum atomic E-state index is 11.1. The van der Waals surface area contributed by atoms with Crippen LogP contribution >= 0.6 is 0 Å². The molecule has 2 N–H and O–H groups in total. The minimum absolute atomic E-state index is 0.163. The van der Waals surface area contributed by atoms with Crippen LogP contribution in [0.3, 0.4) is 0 Å². The van der Waals surface area contributed by atoms with E-state index in [2.05, 4.69) is 9.97 Å². The monoisotopic (exact) mass is 199 g/mol. The third kappa shape index (κ3) is 1.27. The molecule has 0 unspecified atom stereocenters. The van der Waals surface area contributed by atoms with Crippen LogP contribution in [0.1, 0.15) is 11.3 Å². The smallest absolute Gasteiger partial charge is 0.248 e. The normalized spacial score (nSPS) is 14.8. The van der Waals surface area contributed by atoms with Crippen molar-refractivity contribution in [1.82, 2.24) is 9.97 Å². The van der Waals surface area contributed by atoms with Gasteiger partial charge in [-0.25, -0.2) is 18.4 Å². The lowest BCUT2D eigenvalue weighted by atomic mass is 9.95. The van der Waals surface area contributed by atoms with Gasteiger partial charge >= 0.3 is 0 Å². The maximum absolute atomic E-state index is 11.1. The molecular weight excluding hydrogens is 190 g/mol. The van der Waals surface area contributed by atoms with Gasteiger partial charge in [0.2, 0.25) is 15.0 Å². The molecular formula is C7H9N3O2S. The highest BCUT2D eigenvalue weighted by atomic mass is 32.2. The second kappa shape index (κ2) is 2.41. The molecule has 0 fully saturated rings. The number of aromatic nitrogens is 2. The van der Waals surface area contributed by atoms with Gasteiger partial charge in [0.15, 0.2) is 0 Å². The number of rotatable bonds is 1. The average Bonchev–Trinajstić information content (AvgIpc) is 1.90. The van der Waals surface area contributed by atoms with Crippen LogP contribution in [0, 0.1) is 0 Å². The van der Waals surface area contributed by atoms with Crippen molar-refractivity contribution < 1.29 is 8.42 Å². The number of sulfone groups is 1. The number of anilines is 1. The van der Waals surface area contributed by atoms with E-state index in [1.807, 2.05) is 0 Å². The molecule has 1 aliphatic rings. The number of hydrogen-bond acceptors (Lipinski definition) is 5. The van der Waals surface area contributed by atoms with Crippen LogP contribution < -0.4 is 5.73 Å². The fourth-order valence-corrected chi connectivity index (χ4v) is 1.78. The lowest BCUT2D eigenvalue weighted by molar-refractivity contribution is 0.589. The summed E-state index contributed by atoms with van der Waals surface area (Å²) in [4.78, 5) is 7.65. The Hall–Kier alpha value is -1.17. The lowest BCUT2D eigenvalue weighted by Crippen LogP contribution is -2.19. The van der Waals surface area contributed by atoms with E-state index in [0.29, 0.717) is 5.82 Å². The molecule has 0 saturated carbocycles. The molecule has 1 aliphatic carbocycles. The second-order valence-electron chi connectivity index (χ2n) is 3.09. The zero-order chi connectivity index (χ0) is 9.64. The number of hydrogen-bond donors (Lipinski definition) is 1. The van der Waals surface area contributed by atoms with Crippen molar-refractivity contribution in [2.75, 3.05) is 12.0 Å². The number of nitrogens with zero attached hydrogens (tertiary/aromatic N) is 2. The zero-order valence-corrected chi connectivity index (χ0v) is 7.93. The van der Waals surface area contributed by atoms with Crippen molar-refractivity contribution in [1.29, 1.82) is 0 Å². The molecule has 1 aromatic heterocycles. The van der Waals surface area contributed by atoms with Gasteiger partial charge in [-0.3, -0.25) is 0 Å². The SMILES string of the molecule is CS(=O)(=O)c1nc(N)c2c(n1)CC2. The van der Waals surface area contributed by atoms with Gasteiger partial charge in [0.05, 0.1) is 5.69 Å². The Morgan fingerprint density at radius 1 is 1.31 bits per heavy atom. The van der Waals surface area contributed by atoms with Gasteiger partial charge in [-0.2, -0.15) is 0 Å². The molecule has 5 nitrogen and oxygen atoms in total. The van der Waals surface area contributed by atoms with Gasteiger partial charge < -0.3 is 5.73 Å². The van der Waals surface area contributed by atoms with Crippen LogP contribution in [-0.4, -0.2) is 24.6 Å². The fourth-order valence-electron chi connectivity index (χ4n) is 1.24. The van der Waals surface area contributed by atoms with E-state index in [1.54, 1.807) is 0 Å². The quantitative estimate of drug-likeness (QED) is 0.620. The lowest BCUT2D eigenvalue weighted by Gasteiger charge is -2.18. The standard InChI is InChI=1S/C7H9N3O2S/c1-13(11,12)7-9-5-3-2-4(5)6(8)10-7/h2-3H2,1H3,(H2,8,9,10). The summed E-state index contributed by atoms with van der Waals surface area (Å²) in [6, 6.07) is 0. The average molecular weight is 199 g/mol. The molecule has 13 heavy (non-hydrogen) atoms. The molecule has 0 saturated heterocycles. The van der Waals surface area contributed by atoms with E-state index in [-0.39, 0.29) is 5.16 Å². The van der Waals surface area contributed by atoms with Gasteiger partial charge in [0.25, 0.3) is 0 Å². The summed E-state index contributed by atoms with van der Waals surface area (Å²) >= 11 is 0. The number of fused-ring (bicyclic) bond motifs is 1. The zero-order valence-electron chi connectivity index (χ0n) is 7.11. The van der Waals surface area contributed by atoms with Crippen molar-refractivity contribution in [3.05, 3.63) is 11.3 Å². The van der Waals surface area contributed by atoms with Gasteiger partial charge in [0.1, 0.15) is 5.82 Å². The Morgan fingerprint density at radius 3 is 2.38 bits per heavy atom. The van der Waals surface area contributed by atoms with Crippen LogP contribution in [0.4, 0.5) is 5.82 Å². The first kappa shape index (κ1) is 8.43. The largest absolute Gasteiger partial charge is 0.383 e. The molecule has 0 aliphatic heterocycles. The Kier molecular flexibility index (Phi) is 1.56. The third-order valence-corrected chi connectivity index (χ3v) is 2.89. The first-order valence-electron chi connectivity index (χ1n) is 3.84. The van der Waals surface area contributed by atoms with Crippen LogP contribution in [0.25, 0.3) is 0 Å². The van der Waals surface area contributed by atoms with Crippen molar-refractivity contribution in [2.24, 2.45) is 0 Å². The molecule has 1 aromatic rings. The van der Waals surface area contributed by atoms with E-state index >= 15 is 0 Å². The van der Waals surface area contributed by atoms with E-state index in [4.69, 9.17) is 5.73 Å². The van der Waals surface area contributed by atoms with Crippen molar-refractivity contribution >= 4 is 15.7 Å².